The fraction of sp³-hybridized carbons (Fsp3) is 0.429. The number of carbonyl (C=O) groups is 2. The third-order valence-electron chi connectivity index (χ3n) is 3.40. The second kappa shape index (κ2) is 7.52. The lowest BCUT2D eigenvalue weighted by atomic mass is 10.2. The maximum Gasteiger partial charge on any atom is 0.224 e. The quantitative estimate of drug-likeness (QED) is 0.841. The van der Waals surface area contributed by atoms with E-state index in [2.05, 4.69) is 5.32 Å². The molecule has 0 spiro atoms. The Morgan fingerprint density at radius 1 is 1.24 bits per heavy atom. The van der Waals surface area contributed by atoms with E-state index in [9.17, 15) is 9.59 Å². The van der Waals surface area contributed by atoms with Crippen LogP contribution >= 0.6 is 23.2 Å². The Hall–Kier alpha value is -1.46. The number of piperazine rings is 1. The molecule has 0 aliphatic carbocycles. The molecule has 1 aliphatic heterocycles. The molecule has 7 heteroatoms. The number of hydrogen-bond donors (Lipinski definition) is 1. The number of halogens is 2. The van der Waals surface area contributed by atoms with Gasteiger partial charge in [-0.05, 0) is 18.2 Å². The molecule has 1 heterocycles. The first-order valence-corrected chi connectivity index (χ1v) is 7.52. The number of anilines is 1. The molecule has 1 N–H and O–H groups in total. The molecule has 1 aromatic carbocycles. The Labute approximate surface area is 133 Å². The second-order valence-corrected chi connectivity index (χ2v) is 5.67. The molecule has 1 aromatic rings. The summed E-state index contributed by atoms with van der Waals surface area (Å²) in [4.78, 5) is 26.1. The van der Waals surface area contributed by atoms with Gasteiger partial charge >= 0.3 is 0 Å². The van der Waals surface area contributed by atoms with Crippen LogP contribution in [0.5, 0.6) is 0 Å². The Bertz CT molecular complexity index is 517. The number of nitrogens with zero attached hydrogens (tertiary/aromatic N) is 2. The monoisotopic (exact) mass is 329 g/mol. The van der Waals surface area contributed by atoms with Crippen molar-refractivity contribution in [1.82, 2.24) is 9.80 Å². The van der Waals surface area contributed by atoms with Crippen LogP contribution in [0.25, 0.3) is 0 Å². The molecule has 2 rings (SSSR count). The van der Waals surface area contributed by atoms with Crippen molar-refractivity contribution in [3.8, 4) is 0 Å². The molecule has 0 unspecified atom stereocenters. The maximum atomic E-state index is 12.0. The molecule has 5 nitrogen and oxygen atoms in total. The summed E-state index contributed by atoms with van der Waals surface area (Å²) < 4.78 is 0. The van der Waals surface area contributed by atoms with Crippen LogP contribution in [0.3, 0.4) is 0 Å². The van der Waals surface area contributed by atoms with Crippen LogP contribution in [0.15, 0.2) is 18.2 Å². The molecule has 1 saturated heterocycles. The van der Waals surface area contributed by atoms with Crippen molar-refractivity contribution < 1.29 is 9.59 Å². The first-order chi connectivity index (χ1) is 10.1. The molecular formula is C14H17Cl2N3O2. The van der Waals surface area contributed by atoms with Crippen LogP contribution in [-0.2, 0) is 9.59 Å². The lowest BCUT2D eigenvalue weighted by Crippen LogP contribution is -2.48. The van der Waals surface area contributed by atoms with Gasteiger partial charge < -0.3 is 15.1 Å². The molecule has 0 saturated carbocycles. The minimum atomic E-state index is 0.0816. The molecular weight excluding hydrogens is 313 g/mol. The Morgan fingerprint density at radius 3 is 2.57 bits per heavy atom. The van der Waals surface area contributed by atoms with Crippen LogP contribution in [0.1, 0.15) is 6.42 Å². The normalized spacial score (nSPS) is 15.0. The summed E-state index contributed by atoms with van der Waals surface area (Å²) in [5, 5.41) is 4.24. The van der Waals surface area contributed by atoms with Crippen LogP contribution in [0.4, 0.5) is 5.69 Å². The SMILES string of the molecule is O=CN1CCN(C(=O)CCNc2ccc(Cl)cc2Cl)CC1. The predicted molar refractivity (Wildman–Crippen MR) is 83.8 cm³/mol. The van der Waals surface area contributed by atoms with Gasteiger partial charge in [-0.15, -0.1) is 0 Å². The summed E-state index contributed by atoms with van der Waals surface area (Å²) >= 11 is 11.9. The summed E-state index contributed by atoms with van der Waals surface area (Å²) in [6.07, 6.45) is 1.21. The summed E-state index contributed by atoms with van der Waals surface area (Å²) in [7, 11) is 0. The van der Waals surface area contributed by atoms with Crippen molar-refractivity contribution in [1.29, 1.82) is 0 Å². The Morgan fingerprint density at radius 2 is 1.95 bits per heavy atom. The highest BCUT2D eigenvalue weighted by atomic mass is 35.5. The summed E-state index contributed by atoms with van der Waals surface area (Å²) in [5.41, 5.74) is 0.764. The van der Waals surface area contributed by atoms with E-state index in [1.54, 1.807) is 28.0 Å². The van der Waals surface area contributed by atoms with E-state index in [0.29, 0.717) is 49.2 Å². The zero-order valence-electron chi connectivity index (χ0n) is 11.5. The van der Waals surface area contributed by atoms with Crippen molar-refractivity contribution in [3.05, 3.63) is 28.2 Å². The van der Waals surface area contributed by atoms with Crippen molar-refractivity contribution in [2.75, 3.05) is 38.0 Å². The molecule has 0 atom stereocenters. The van der Waals surface area contributed by atoms with E-state index >= 15 is 0 Å². The first kappa shape index (κ1) is 15.9. The zero-order chi connectivity index (χ0) is 15.2. The fourth-order valence-electron chi connectivity index (χ4n) is 2.17. The molecule has 0 bridgehead atoms. The minimum absolute atomic E-state index is 0.0816. The van der Waals surface area contributed by atoms with E-state index in [4.69, 9.17) is 23.2 Å². The van der Waals surface area contributed by atoms with Gasteiger partial charge in [0.2, 0.25) is 12.3 Å². The summed E-state index contributed by atoms with van der Waals surface area (Å²) in [6, 6.07) is 5.19. The number of nitrogens with one attached hydrogen (secondary N) is 1. The number of amides is 2. The van der Waals surface area contributed by atoms with Crippen LogP contribution in [-0.4, -0.2) is 54.8 Å². The molecule has 0 radical (unpaired) electrons. The average molecular weight is 330 g/mol. The van der Waals surface area contributed by atoms with Crippen LogP contribution in [0.2, 0.25) is 10.0 Å². The highest BCUT2D eigenvalue weighted by Crippen LogP contribution is 2.25. The highest BCUT2D eigenvalue weighted by Gasteiger charge is 2.19. The lowest BCUT2D eigenvalue weighted by molar-refractivity contribution is -0.134. The van der Waals surface area contributed by atoms with Gasteiger partial charge in [-0.3, -0.25) is 9.59 Å². The largest absolute Gasteiger partial charge is 0.383 e. The third-order valence-corrected chi connectivity index (χ3v) is 3.95. The first-order valence-electron chi connectivity index (χ1n) is 6.76. The van der Waals surface area contributed by atoms with E-state index < -0.39 is 0 Å². The molecule has 114 valence electrons. The maximum absolute atomic E-state index is 12.0. The van der Waals surface area contributed by atoms with Gasteiger partial charge in [-0.25, -0.2) is 0 Å². The molecule has 0 aromatic heterocycles. The molecule has 1 fully saturated rings. The number of hydrogen-bond acceptors (Lipinski definition) is 3. The summed E-state index contributed by atoms with van der Waals surface area (Å²) in [5.74, 6) is 0.0816. The van der Waals surface area contributed by atoms with Crippen molar-refractivity contribution in [3.63, 3.8) is 0 Å². The predicted octanol–water partition coefficient (Wildman–Crippen LogP) is 2.10. The Kier molecular flexibility index (Phi) is 5.70. The number of rotatable bonds is 5. The van der Waals surface area contributed by atoms with Crippen LogP contribution < -0.4 is 5.32 Å². The smallest absolute Gasteiger partial charge is 0.224 e. The van der Waals surface area contributed by atoms with E-state index in [1.807, 2.05) is 0 Å². The van der Waals surface area contributed by atoms with Crippen molar-refractivity contribution >= 4 is 41.2 Å². The standard InChI is InChI=1S/C14H17Cl2N3O2/c15-11-1-2-13(12(16)9-11)17-4-3-14(21)19-7-5-18(10-20)6-8-19/h1-2,9-10,17H,3-8H2. The minimum Gasteiger partial charge on any atom is -0.383 e. The van der Waals surface area contributed by atoms with Crippen molar-refractivity contribution in [2.24, 2.45) is 0 Å². The third kappa shape index (κ3) is 4.51. The van der Waals surface area contributed by atoms with Gasteiger partial charge in [0, 0.05) is 44.2 Å². The average Bonchev–Trinajstić information content (AvgIpc) is 2.49. The highest BCUT2D eigenvalue weighted by molar-refractivity contribution is 6.36. The van der Waals surface area contributed by atoms with E-state index in [0.717, 1.165) is 12.1 Å². The van der Waals surface area contributed by atoms with E-state index in [1.165, 1.54) is 0 Å². The van der Waals surface area contributed by atoms with E-state index in [-0.39, 0.29) is 5.91 Å². The van der Waals surface area contributed by atoms with Crippen LogP contribution in [0, 0.1) is 0 Å². The molecule has 2 amide bonds. The zero-order valence-corrected chi connectivity index (χ0v) is 13.0. The van der Waals surface area contributed by atoms with Gasteiger partial charge in [0.05, 0.1) is 10.7 Å². The number of benzene rings is 1. The van der Waals surface area contributed by atoms with Gasteiger partial charge in [0.25, 0.3) is 0 Å². The molecule has 1 aliphatic rings. The number of carbonyl (C=O) groups excluding carboxylic acids is 2. The fourth-order valence-corrected chi connectivity index (χ4v) is 2.65. The van der Waals surface area contributed by atoms with Gasteiger partial charge in [0.1, 0.15) is 0 Å². The van der Waals surface area contributed by atoms with Crippen molar-refractivity contribution in [2.45, 2.75) is 6.42 Å². The Balaban J connectivity index is 1.75. The van der Waals surface area contributed by atoms with Gasteiger partial charge in [-0.2, -0.15) is 0 Å². The second-order valence-electron chi connectivity index (χ2n) is 4.82. The molecule has 21 heavy (non-hydrogen) atoms. The topological polar surface area (TPSA) is 52.7 Å². The van der Waals surface area contributed by atoms with Gasteiger partial charge in [0.15, 0.2) is 0 Å². The van der Waals surface area contributed by atoms with Gasteiger partial charge in [-0.1, -0.05) is 23.2 Å². The lowest BCUT2D eigenvalue weighted by Gasteiger charge is -2.32. The summed E-state index contributed by atoms with van der Waals surface area (Å²) in [6.45, 7) is 2.91.